The summed E-state index contributed by atoms with van der Waals surface area (Å²) in [5, 5.41) is 4.84. The maximum atomic E-state index is 5.94. The lowest BCUT2D eigenvalue weighted by Crippen LogP contribution is -2.11. The van der Waals surface area contributed by atoms with Gasteiger partial charge in [-0.05, 0) is 24.6 Å². The number of rotatable bonds is 6. The molecule has 0 radical (unpaired) electrons. The van der Waals surface area contributed by atoms with Gasteiger partial charge >= 0.3 is 0 Å². The fourth-order valence-electron chi connectivity index (χ4n) is 1.80. The summed E-state index contributed by atoms with van der Waals surface area (Å²) in [5.41, 5.74) is 7.53. The predicted molar refractivity (Wildman–Crippen MR) is 84.4 cm³/mol. The molecule has 1 aromatic heterocycles. The van der Waals surface area contributed by atoms with Crippen molar-refractivity contribution in [1.29, 1.82) is 0 Å². The SMILES string of the molecule is Cc1c(Cl)cnn1CCOc1ccc(CC(N)=S)cc1. The Morgan fingerprint density at radius 1 is 1.40 bits per heavy atom. The number of ether oxygens (including phenoxy) is 1. The van der Waals surface area contributed by atoms with Gasteiger partial charge in [0, 0.05) is 6.42 Å². The molecule has 0 aliphatic carbocycles. The molecule has 0 fully saturated rings. The first-order valence-corrected chi connectivity index (χ1v) is 7.03. The summed E-state index contributed by atoms with van der Waals surface area (Å²) >= 11 is 10.8. The number of hydrogen-bond acceptors (Lipinski definition) is 3. The normalized spacial score (nSPS) is 10.5. The highest BCUT2D eigenvalue weighted by molar-refractivity contribution is 7.80. The van der Waals surface area contributed by atoms with Crippen molar-refractivity contribution in [2.24, 2.45) is 5.73 Å². The number of nitrogens with zero attached hydrogens (tertiary/aromatic N) is 2. The van der Waals surface area contributed by atoms with Gasteiger partial charge in [-0.3, -0.25) is 4.68 Å². The Bertz CT molecular complexity index is 595. The minimum absolute atomic E-state index is 0.490. The van der Waals surface area contributed by atoms with Gasteiger partial charge in [-0.2, -0.15) is 5.10 Å². The van der Waals surface area contributed by atoms with Crippen LogP contribution in [0.2, 0.25) is 5.02 Å². The van der Waals surface area contributed by atoms with Crippen molar-refractivity contribution >= 4 is 28.8 Å². The van der Waals surface area contributed by atoms with Crippen molar-refractivity contribution in [3.63, 3.8) is 0 Å². The van der Waals surface area contributed by atoms with Gasteiger partial charge < -0.3 is 10.5 Å². The van der Waals surface area contributed by atoms with Crippen molar-refractivity contribution in [3.05, 3.63) is 46.7 Å². The third-order valence-corrected chi connectivity index (χ3v) is 3.43. The second-order valence-electron chi connectivity index (χ2n) is 4.44. The van der Waals surface area contributed by atoms with Gasteiger partial charge in [-0.25, -0.2) is 0 Å². The van der Waals surface area contributed by atoms with Gasteiger partial charge in [0.05, 0.1) is 28.4 Å². The second-order valence-corrected chi connectivity index (χ2v) is 5.37. The lowest BCUT2D eigenvalue weighted by Gasteiger charge is -2.08. The highest BCUT2D eigenvalue weighted by Gasteiger charge is 2.03. The lowest BCUT2D eigenvalue weighted by atomic mass is 10.1. The average Bonchev–Trinajstić information content (AvgIpc) is 2.72. The van der Waals surface area contributed by atoms with E-state index >= 15 is 0 Å². The summed E-state index contributed by atoms with van der Waals surface area (Å²) in [6, 6.07) is 7.75. The molecule has 0 aliphatic rings. The molecule has 106 valence electrons. The fraction of sp³-hybridized carbons (Fsp3) is 0.286. The Morgan fingerprint density at radius 2 is 2.10 bits per heavy atom. The molecule has 1 aromatic carbocycles. The van der Waals surface area contributed by atoms with E-state index < -0.39 is 0 Å². The molecule has 4 nitrogen and oxygen atoms in total. The van der Waals surface area contributed by atoms with Crippen LogP contribution < -0.4 is 10.5 Å². The van der Waals surface area contributed by atoms with Crippen molar-refractivity contribution in [2.45, 2.75) is 19.9 Å². The predicted octanol–water partition coefficient (Wildman–Crippen LogP) is 2.75. The van der Waals surface area contributed by atoms with Crippen LogP contribution in [-0.4, -0.2) is 21.4 Å². The maximum Gasteiger partial charge on any atom is 0.119 e. The Morgan fingerprint density at radius 3 is 2.65 bits per heavy atom. The van der Waals surface area contributed by atoms with Crippen molar-refractivity contribution in [3.8, 4) is 5.75 Å². The average molecular weight is 310 g/mol. The summed E-state index contributed by atoms with van der Waals surface area (Å²) in [6.45, 7) is 3.13. The number of hydrogen-bond donors (Lipinski definition) is 1. The van der Waals surface area contributed by atoms with E-state index in [0.717, 1.165) is 17.0 Å². The lowest BCUT2D eigenvalue weighted by molar-refractivity contribution is 0.290. The first-order chi connectivity index (χ1) is 9.56. The second kappa shape index (κ2) is 6.72. The molecule has 0 bridgehead atoms. The molecule has 1 heterocycles. The quantitative estimate of drug-likeness (QED) is 0.834. The van der Waals surface area contributed by atoms with E-state index in [9.17, 15) is 0 Å². The molecule has 2 N–H and O–H groups in total. The standard InChI is InChI=1S/C14H16ClN3OS/c1-10-13(15)9-17-18(10)6-7-19-12-4-2-11(3-5-12)8-14(16)20/h2-5,9H,6-8H2,1H3,(H2,16,20). The minimum Gasteiger partial charge on any atom is -0.492 e. The first kappa shape index (κ1) is 14.8. The van der Waals surface area contributed by atoms with Gasteiger partial charge in [0.1, 0.15) is 12.4 Å². The summed E-state index contributed by atoms with van der Waals surface area (Å²) in [4.78, 5) is 0.490. The van der Waals surface area contributed by atoms with E-state index in [0.29, 0.717) is 29.6 Å². The van der Waals surface area contributed by atoms with Gasteiger partial charge in [-0.1, -0.05) is 36.0 Å². The molecule has 2 rings (SSSR count). The van der Waals surface area contributed by atoms with Crippen LogP contribution in [0.25, 0.3) is 0 Å². The molecule has 0 spiro atoms. The van der Waals surface area contributed by atoms with Crippen LogP contribution >= 0.6 is 23.8 Å². The van der Waals surface area contributed by atoms with E-state index in [1.807, 2.05) is 35.9 Å². The van der Waals surface area contributed by atoms with Crippen LogP contribution in [0, 0.1) is 6.92 Å². The molecule has 0 saturated carbocycles. The summed E-state index contributed by atoms with van der Waals surface area (Å²) in [5.74, 6) is 0.813. The molecule has 0 aliphatic heterocycles. The zero-order valence-corrected chi connectivity index (χ0v) is 12.7. The molecular formula is C14H16ClN3OS. The number of aromatic nitrogens is 2. The van der Waals surface area contributed by atoms with Crippen LogP contribution in [0.5, 0.6) is 5.75 Å². The third kappa shape index (κ3) is 3.95. The van der Waals surface area contributed by atoms with Crippen LogP contribution in [-0.2, 0) is 13.0 Å². The fourth-order valence-corrected chi connectivity index (χ4v) is 2.11. The van der Waals surface area contributed by atoms with E-state index in [2.05, 4.69) is 5.10 Å². The van der Waals surface area contributed by atoms with Gasteiger partial charge in [0.2, 0.25) is 0 Å². The molecule has 2 aromatic rings. The Balaban J connectivity index is 1.85. The highest BCUT2D eigenvalue weighted by Crippen LogP contribution is 2.15. The number of benzene rings is 1. The zero-order valence-electron chi connectivity index (χ0n) is 11.2. The van der Waals surface area contributed by atoms with E-state index in [1.54, 1.807) is 6.20 Å². The molecule has 0 amide bonds. The molecule has 0 atom stereocenters. The topological polar surface area (TPSA) is 53.1 Å². The number of nitrogens with two attached hydrogens (primary N) is 1. The monoisotopic (exact) mass is 309 g/mol. The largest absolute Gasteiger partial charge is 0.492 e. The molecule has 0 saturated heterocycles. The Labute approximate surface area is 128 Å². The minimum atomic E-state index is 0.490. The van der Waals surface area contributed by atoms with Gasteiger partial charge in [0.25, 0.3) is 0 Å². The number of thiocarbonyl (C=S) groups is 1. The van der Waals surface area contributed by atoms with Crippen molar-refractivity contribution in [1.82, 2.24) is 9.78 Å². The van der Waals surface area contributed by atoms with Crippen molar-refractivity contribution < 1.29 is 4.74 Å². The molecular weight excluding hydrogens is 294 g/mol. The summed E-state index contributed by atoms with van der Waals surface area (Å²) < 4.78 is 7.49. The smallest absolute Gasteiger partial charge is 0.119 e. The molecule has 20 heavy (non-hydrogen) atoms. The first-order valence-electron chi connectivity index (χ1n) is 6.24. The van der Waals surface area contributed by atoms with E-state index in [4.69, 9.17) is 34.3 Å². The van der Waals surface area contributed by atoms with Crippen LogP contribution in [0.3, 0.4) is 0 Å². The maximum absolute atomic E-state index is 5.94. The van der Waals surface area contributed by atoms with Crippen LogP contribution in [0.15, 0.2) is 30.5 Å². The van der Waals surface area contributed by atoms with Crippen molar-refractivity contribution in [2.75, 3.05) is 6.61 Å². The van der Waals surface area contributed by atoms with Crippen LogP contribution in [0.1, 0.15) is 11.3 Å². The van der Waals surface area contributed by atoms with Gasteiger partial charge in [-0.15, -0.1) is 0 Å². The van der Waals surface area contributed by atoms with E-state index in [-0.39, 0.29) is 0 Å². The van der Waals surface area contributed by atoms with Gasteiger partial charge in [0.15, 0.2) is 0 Å². The highest BCUT2D eigenvalue weighted by atomic mass is 35.5. The summed E-state index contributed by atoms with van der Waals surface area (Å²) in [6.07, 6.45) is 2.25. The number of halogens is 1. The Hall–Kier alpha value is -1.59. The molecule has 6 heteroatoms. The summed E-state index contributed by atoms with van der Waals surface area (Å²) in [7, 11) is 0. The van der Waals surface area contributed by atoms with E-state index in [1.165, 1.54) is 0 Å². The zero-order chi connectivity index (χ0) is 14.5. The van der Waals surface area contributed by atoms with Crippen LogP contribution in [0.4, 0.5) is 0 Å². The third-order valence-electron chi connectivity index (χ3n) is 2.92. The Kier molecular flexibility index (Phi) is 4.98. The molecule has 0 unspecified atom stereocenters.